The number of halogens is 1. The maximum absolute atomic E-state index is 13.0. The third-order valence-electron chi connectivity index (χ3n) is 2.87. The second-order valence-electron chi connectivity index (χ2n) is 4.30. The van der Waals surface area contributed by atoms with Crippen molar-refractivity contribution < 1.29 is 9.18 Å². The third kappa shape index (κ3) is 1.73. The first-order valence-corrected chi connectivity index (χ1v) is 5.19. The first-order chi connectivity index (χ1) is 7.51. The lowest BCUT2D eigenvalue weighted by atomic mass is 9.98. The van der Waals surface area contributed by atoms with Crippen molar-refractivity contribution in [2.24, 2.45) is 0 Å². The summed E-state index contributed by atoms with van der Waals surface area (Å²) in [4.78, 5) is 17.1. The molecule has 0 atom stereocenters. The van der Waals surface area contributed by atoms with Crippen LogP contribution in [0, 0.1) is 5.95 Å². The summed E-state index contributed by atoms with van der Waals surface area (Å²) in [6.07, 6.45) is 1.41. The number of pyridine rings is 1. The van der Waals surface area contributed by atoms with E-state index >= 15 is 0 Å². The molecule has 0 aromatic carbocycles. The van der Waals surface area contributed by atoms with Gasteiger partial charge in [0, 0.05) is 31.0 Å². The van der Waals surface area contributed by atoms with Gasteiger partial charge in [0.2, 0.25) is 11.9 Å². The Balaban J connectivity index is 2.36. The summed E-state index contributed by atoms with van der Waals surface area (Å²) in [5.74, 6) is -0.574. The van der Waals surface area contributed by atoms with Crippen molar-refractivity contribution in [1.82, 2.24) is 10.3 Å². The number of carbonyl (C=O) groups is 1. The summed E-state index contributed by atoms with van der Waals surface area (Å²) in [7, 11) is 0. The van der Waals surface area contributed by atoms with Gasteiger partial charge in [-0.25, -0.2) is 4.98 Å². The van der Waals surface area contributed by atoms with Gasteiger partial charge in [-0.15, -0.1) is 0 Å². The van der Waals surface area contributed by atoms with Crippen molar-refractivity contribution in [3.05, 3.63) is 24.3 Å². The SMILES string of the molecule is CC1(C)C(=O)NCCN1c1ccnc(F)c1. The average molecular weight is 223 g/mol. The molecule has 0 radical (unpaired) electrons. The summed E-state index contributed by atoms with van der Waals surface area (Å²) in [6.45, 7) is 4.88. The van der Waals surface area contributed by atoms with Crippen molar-refractivity contribution in [1.29, 1.82) is 0 Å². The highest BCUT2D eigenvalue weighted by molar-refractivity contribution is 5.90. The summed E-state index contributed by atoms with van der Waals surface area (Å²) >= 11 is 0. The van der Waals surface area contributed by atoms with E-state index in [4.69, 9.17) is 0 Å². The largest absolute Gasteiger partial charge is 0.356 e. The van der Waals surface area contributed by atoms with Gasteiger partial charge < -0.3 is 10.2 Å². The Labute approximate surface area is 93.5 Å². The third-order valence-corrected chi connectivity index (χ3v) is 2.87. The minimum atomic E-state index is -0.661. The van der Waals surface area contributed by atoms with Gasteiger partial charge in [-0.3, -0.25) is 4.79 Å². The molecule has 2 rings (SSSR count). The predicted octanol–water partition coefficient (Wildman–Crippen LogP) is 0.935. The Bertz CT molecular complexity index is 419. The lowest BCUT2D eigenvalue weighted by molar-refractivity contribution is -0.126. The van der Waals surface area contributed by atoms with Crippen molar-refractivity contribution >= 4 is 11.6 Å². The van der Waals surface area contributed by atoms with Gasteiger partial charge in [0.15, 0.2) is 0 Å². The lowest BCUT2D eigenvalue weighted by Gasteiger charge is -2.42. The zero-order chi connectivity index (χ0) is 11.8. The zero-order valence-electron chi connectivity index (χ0n) is 9.33. The number of nitrogens with zero attached hydrogens (tertiary/aromatic N) is 2. The van der Waals surface area contributed by atoms with Gasteiger partial charge in [0.25, 0.3) is 0 Å². The molecule has 0 aliphatic carbocycles. The van der Waals surface area contributed by atoms with Gasteiger partial charge in [-0.2, -0.15) is 4.39 Å². The highest BCUT2D eigenvalue weighted by Crippen LogP contribution is 2.25. The van der Waals surface area contributed by atoms with E-state index in [-0.39, 0.29) is 5.91 Å². The molecule has 0 bridgehead atoms. The number of nitrogens with one attached hydrogen (secondary N) is 1. The van der Waals surface area contributed by atoms with Crippen LogP contribution in [0.25, 0.3) is 0 Å². The average Bonchev–Trinajstić information content (AvgIpc) is 2.22. The van der Waals surface area contributed by atoms with Gasteiger partial charge in [0.1, 0.15) is 5.54 Å². The topological polar surface area (TPSA) is 45.2 Å². The smallest absolute Gasteiger partial charge is 0.245 e. The van der Waals surface area contributed by atoms with Gasteiger partial charge >= 0.3 is 0 Å². The molecule has 1 aliphatic heterocycles. The predicted molar refractivity (Wildman–Crippen MR) is 58.6 cm³/mol. The van der Waals surface area contributed by atoms with Gasteiger partial charge in [-0.05, 0) is 19.9 Å². The molecule has 4 nitrogen and oxygen atoms in total. The number of anilines is 1. The molecule has 0 unspecified atom stereocenters. The molecule has 1 N–H and O–H groups in total. The van der Waals surface area contributed by atoms with Crippen LogP contribution in [0.2, 0.25) is 0 Å². The Kier molecular flexibility index (Phi) is 2.53. The van der Waals surface area contributed by atoms with Crippen LogP contribution >= 0.6 is 0 Å². The number of rotatable bonds is 1. The summed E-state index contributed by atoms with van der Waals surface area (Å²) in [6, 6.07) is 3.06. The molecule has 1 aromatic heterocycles. The second-order valence-corrected chi connectivity index (χ2v) is 4.30. The molecule has 1 aliphatic rings. The van der Waals surface area contributed by atoms with E-state index in [9.17, 15) is 9.18 Å². The Morgan fingerprint density at radius 3 is 3.00 bits per heavy atom. The van der Waals surface area contributed by atoms with Crippen LogP contribution in [0.15, 0.2) is 18.3 Å². The maximum atomic E-state index is 13.0. The van der Waals surface area contributed by atoms with Crippen LogP contribution < -0.4 is 10.2 Å². The normalized spacial score (nSPS) is 19.4. The Morgan fingerprint density at radius 1 is 1.56 bits per heavy atom. The molecule has 2 heterocycles. The Morgan fingerprint density at radius 2 is 2.31 bits per heavy atom. The molecule has 1 fully saturated rings. The summed E-state index contributed by atoms with van der Waals surface area (Å²) in [5, 5.41) is 2.80. The molecule has 1 saturated heterocycles. The molecule has 86 valence electrons. The summed E-state index contributed by atoms with van der Waals surface area (Å²) < 4.78 is 13.0. The number of amides is 1. The highest BCUT2D eigenvalue weighted by atomic mass is 19.1. The number of hydrogen-bond donors (Lipinski definition) is 1. The quantitative estimate of drug-likeness (QED) is 0.720. The molecule has 1 aromatic rings. The van der Waals surface area contributed by atoms with Gasteiger partial charge in [-0.1, -0.05) is 0 Å². The van der Waals surface area contributed by atoms with Crippen LogP contribution in [0.5, 0.6) is 0 Å². The fraction of sp³-hybridized carbons (Fsp3) is 0.455. The van der Waals surface area contributed by atoms with Crippen LogP contribution in [-0.4, -0.2) is 29.5 Å². The van der Waals surface area contributed by atoms with Crippen molar-refractivity contribution in [3.63, 3.8) is 0 Å². The minimum absolute atomic E-state index is 0.0454. The van der Waals surface area contributed by atoms with Crippen LogP contribution in [0.3, 0.4) is 0 Å². The number of hydrogen-bond acceptors (Lipinski definition) is 3. The Hall–Kier alpha value is -1.65. The van der Waals surface area contributed by atoms with E-state index in [0.29, 0.717) is 18.8 Å². The molecule has 16 heavy (non-hydrogen) atoms. The number of piperazine rings is 1. The zero-order valence-corrected chi connectivity index (χ0v) is 9.33. The molecule has 1 amide bonds. The molecular weight excluding hydrogens is 209 g/mol. The van der Waals surface area contributed by atoms with E-state index in [1.165, 1.54) is 12.3 Å². The van der Waals surface area contributed by atoms with Crippen LogP contribution in [0.4, 0.5) is 10.1 Å². The molecule has 5 heteroatoms. The number of aromatic nitrogens is 1. The highest BCUT2D eigenvalue weighted by Gasteiger charge is 2.37. The van der Waals surface area contributed by atoms with E-state index < -0.39 is 11.5 Å². The number of carbonyl (C=O) groups excluding carboxylic acids is 1. The lowest BCUT2D eigenvalue weighted by Crippen LogP contribution is -2.62. The molecule has 0 spiro atoms. The van der Waals surface area contributed by atoms with Crippen molar-refractivity contribution in [2.45, 2.75) is 19.4 Å². The van der Waals surface area contributed by atoms with Crippen molar-refractivity contribution in [2.75, 3.05) is 18.0 Å². The monoisotopic (exact) mass is 223 g/mol. The summed E-state index contributed by atoms with van der Waals surface area (Å²) in [5.41, 5.74) is 0.0267. The van der Waals surface area contributed by atoms with E-state index in [1.807, 2.05) is 18.7 Å². The van der Waals surface area contributed by atoms with E-state index in [2.05, 4.69) is 10.3 Å². The first-order valence-electron chi connectivity index (χ1n) is 5.19. The van der Waals surface area contributed by atoms with Crippen LogP contribution in [0.1, 0.15) is 13.8 Å². The minimum Gasteiger partial charge on any atom is -0.356 e. The van der Waals surface area contributed by atoms with E-state index in [0.717, 1.165) is 0 Å². The standard InChI is InChI=1S/C11H14FN3O/c1-11(2)10(16)14-5-6-15(11)8-3-4-13-9(12)7-8/h3-4,7H,5-6H2,1-2H3,(H,14,16). The maximum Gasteiger partial charge on any atom is 0.245 e. The fourth-order valence-corrected chi connectivity index (χ4v) is 1.91. The molecular formula is C11H14FN3O. The fourth-order valence-electron chi connectivity index (χ4n) is 1.91. The van der Waals surface area contributed by atoms with Crippen LogP contribution in [-0.2, 0) is 4.79 Å². The first kappa shape index (κ1) is 10.9. The van der Waals surface area contributed by atoms with E-state index in [1.54, 1.807) is 6.07 Å². The molecule has 0 saturated carbocycles. The second kappa shape index (κ2) is 3.73. The van der Waals surface area contributed by atoms with Gasteiger partial charge in [0.05, 0.1) is 0 Å². The van der Waals surface area contributed by atoms with Crippen molar-refractivity contribution in [3.8, 4) is 0 Å².